The third-order valence-electron chi connectivity index (χ3n) is 5.27. The van der Waals surface area contributed by atoms with E-state index in [1.54, 1.807) is 11.8 Å². The average molecular weight is 378 g/mol. The molecular weight excluding hydrogens is 352 g/mol. The number of amides is 2. The first-order chi connectivity index (χ1) is 12.3. The molecule has 142 valence electrons. The van der Waals surface area contributed by atoms with Crippen molar-refractivity contribution in [3.63, 3.8) is 0 Å². The van der Waals surface area contributed by atoms with Crippen molar-refractivity contribution >= 4 is 21.7 Å². The molecule has 2 atom stereocenters. The van der Waals surface area contributed by atoms with Gasteiger partial charge in [0.15, 0.2) is 9.84 Å². The van der Waals surface area contributed by atoms with Gasteiger partial charge < -0.3 is 10.2 Å². The minimum atomic E-state index is -3.07. The van der Waals surface area contributed by atoms with E-state index < -0.39 is 15.4 Å². The van der Waals surface area contributed by atoms with E-state index in [1.807, 2.05) is 30.3 Å². The zero-order valence-electron chi connectivity index (χ0n) is 15.1. The lowest BCUT2D eigenvalue weighted by molar-refractivity contribution is -0.135. The second kappa shape index (κ2) is 7.39. The fourth-order valence-corrected chi connectivity index (χ4v) is 5.90. The van der Waals surface area contributed by atoms with E-state index in [9.17, 15) is 18.0 Å². The van der Waals surface area contributed by atoms with E-state index in [1.165, 1.54) is 0 Å². The standard InChI is InChI=1S/C19H26N2O4S/c1-19(9-11-26(24,25)14-19)20-18(23)16-8-5-10-21(13-16)17(22)12-15-6-3-2-4-7-15/h2-4,6-7,16H,5,8-14H2,1H3,(H,20,23)/t16-,19-/m1/s1. The lowest BCUT2D eigenvalue weighted by Crippen LogP contribution is -2.52. The highest BCUT2D eigenvalue weighted by Gasteiger charge is 2.41. The third-order valence-corrected chi connectivity index (χ3v) is 7.17. The van der Waals surface area contributed by atoms with Crippen molar-refractivity contribution in [2.75, 3.05) is 24.6 Å². The molecule has 2 fully saturated rings. The summed E-state index contributed by atoms with van der Waals surface area (Å²) in [6.07, 6.45) is 2.30. The van der Waals surface area contributed by atoms with Gasteiger partial charge in [0.05, 0.1) is 29.4 Å². The Hall–Kier alpha value is -1.89. The summed E-state index contributed by atoms with van der Waals surface area (Å²) in [7, 11) is -3.07. The van der Waals surface area contributed by atoms with Crippen LogP contribution in [0.5, 0.6) is 0 Å². The highest BCUT2D eigenvalue weighted by Crippen LogP contribution is 2.25. The van der Waals surface area contributed by atoms with Crippen LogP contribution in [0.25, 0.3) is 0 Å². The molecule has 0 bridgehead atoms. The predicted octanol–water partition coefficient (Wildman–Crippen LogP) is 1.16. The summed E-state index contributed by atoms with van der Waals surface area (Å²) >= 11 is 0. The van der Waals surface area contributed by atoms with Crippen molar-refractivity contribution in [1.29, 1.82) is 0 Å². The Morgan fingerprint density at radius 1 is 1.27 bits per heavy atom. The van der Waals surface area contributed by atoms with Crippen molar-refractivity contribution in [2.45, 2.75) is 38.1 Å². The summed E-state index contributed by atoms with van der Waals surface area (Å²) in [5.74, 6) is -0.264. The minimum absolute atomic E-state index is 0.00485. The van der Waals surface area contributed by atoms with Gasteiger partial charge in [-0.25, -0.2) is 8.42 Å². The van der Waals surface area contributed by atoms with Gasteiger partial charge in [-0.1, -0.05) is 30.3 Å². The van der Waals surface area contributed by atoms with E-state index in [-0.39, 0.29) is 29.2 Å². The van der Waals surface area contributed by atoms with Crippen LogP contribution >= 0.6 is 0 Å². The van der Waals surface area contributed by atoms with Crippen molar-refractivity contribution in [3.8, 4) is 0 Å². The molecule has 7 heteroatoms. The minimum Gasteiger partial charge on any atom is -0.350 e. The van der Waals surface area contributed by atoms with Gasteiger partial charge in [-0.05, 0) is 31.7 Å². The number of carbonyl (C=O) groups is 2. The van der Waals surface area contributed by atoms with Crippen molar-refractivity contribution in [2.24, 2.45) is 5.92 Å². The van der Waals surface area contributed by atoms with Gasteiger partial charge in [0.25, 0.3) is 0 Å². The maximum atomic E-state index is 12.7. The van der Waals surface area contributed by atoms with E-state index >= 15 is 0 Å². The number of sulfone groups is 1. The van der Waals surface area contributed by atoms with E-state index in [2.05, 4.69) is 5.32 Å². The van der Waals surface area contributed by atoms with Crippen LogP contribution in [-0.4, -0.2) is 55.3 Å². The zero-order valence-corrected chi connectivity index (χ0v) is 15.9. The molecule has 6 nitrogen and oxygen atoms in total. The maximum absolute atomic E-state index is 12.7. The maximum Gasteiger partial charge on any atom is 0.227 e. The van der Waals surface area contributed by atoms with Crippen LogP contribution in [0.4, 0.5) is 0 Å². The largest absolute Gasteiger partial charge is 0.350 e. The molecule has 0 spiro atoms. The van der Waals surface area contributed by atoms with E-state index in [0.717, 1.165) is 18.4 Å². The van der Waals surface area contributed by atoms with Gasteiger partial charge in [0.1, 0.15) is 0 Å². The fraction of sp³-hybridized carbons (Fsp3) is 0.579. The molecule has 1 N–H and O–H groups in total. The average Bonchev–Trinajstić information content (AvgIpc) is 2.88. The molecule has 1 aromatic rings. The lowest BCUT2D eigenvalue weighted by atomic mass is 9.94. The molecule has 0 saturated carbocycles. The molecule has 0 unspecified atom stereocenters. The molecule has 2 amide bonds. The molecule has 3 rings (SSSR count). The van der Waals surface area contributed by atoms with Crippen LogP contribution in [-0.2, 0) is 25.8 Å². The molecule has 26 heavy (non-hydrogen) atoms. The fourth-order valence-electron chi connectivity index (χ4n) is 3.81. The van der Waals surface area contributed by atoms with Crippen LogP contribution in [0.3, 0.4) is 0 Å². The highest BCUT2D eigenvalue weighted by atomic mass is 32.2. The first-order valence-electron chi connectivity index (χ1n) is 9.11. The number of carbonyl (C=O) groups excluding carboxylic acids is 2. The zero-order chi connectivity index (χ0) is 18.8. The Morgan fingerprint density at radius 2 is 2.00 bits per heavy atom. The number of nitrogens with zero attached hydrogens (tertiary/aromatic N) is 1. The normalized spacial score (nSPS) is 27.9. The molecular formula is C19H26N2O4S. The summed E-state index contributed by atoms with van der Waals surface area (Å²) in [5.41, 5.74) is 0.277. The molecule has 0 radical (unpaired) electrons. The Labute approximate surface area is 154 Å². The topological polar surface area (TPSA) is 83.6 Å². The smallest absolute Gasteiger partial charge is 0.227 e. The van der Waals surface area contributed by atoms with Crippen molar-refractivity contribution < 1.29 is 18.0 Å². The number of likely N-dealkylation sites (tertiary alicyclic amines) is 1. The second-order valence-corrected chi connectivity index (χ2v) is 9.92. The SMILES string of the molecule is C[C@@]1(NC(=O)[C@@H]2CCCN(C(=O)Cc3ccccc3)C2)CCS(=O)(=O)C1. The molecule has 2 aliphatic rings. The molecule has 2 saturated heterocycles. The van der Waals surface area contributed by atoms with Gasteiger partial charge in [0, 0.05) is 13.1 Å². The second-order valence-electron chi connectivity index (χ2n) is 7.73. The number of nitrogens with one attached hydrogen (secondary N) is 1. The van der Waals surface area contributed by atoms with Gasteiger partial charge in [-0.2, -0.15) is 0 Å². The summed E-state index contributed by atoms with van der Waals surface area (Å²) < 4.78 is 23.4. The molecule has 1 aromatic carbocycles. The van der Waals surface area contributed by atoms with Crippen LogP contribution in [0.2, 0.25) is 0 Å². The van der Waals surface area contributed by atoms with Crippen LogP contribution in [0, 0.1) is 5.92 Å². The molecule has 0 aliphatic carbocycles. The number of rotatable bonds is 4. The Balaban J connectivity index is 1.57. The highest BCUT2D eigenvalue weighted by molar-refractivity contribution is 7.91. The molecule has 2 aliphatic heterocycles. The van der Waals surface area contributed by atoms with E-state index in [0.29, 0.717) is 25.9 Å². The number of benzene rings is 1. The quantitative estimate of drug-likeness (QED) is 0.852. The van der Waals surface area contributed by atoms with Crippen molar-refractivity contribution in [1.82, 2.24) is 10.2 Å². The monoisotopic (exact) mass is 378 g/mol. The first-order valence-corrected chi connectivity index (χ1v) is 10.9. The number of hydrogen-bond acceptors (Lipinski definition) is 4. The van der Waals surface area contributed by atoms with Gasteiger partial charge >= 0.3 is 0 Å². The number of hydrogen-bond donors (Lipinski definition) is 1. The van der Waals surface area contributed by atoms with Crippen LogP contribution in [0.1, 0.15) is 31.7 Å². The number of piperidine rings is 1. The Kier molecular flexibility index (Phi) is 5.37. The third kappa shape index (κ3) is 4.63. The van der Waals surface area contributed by atoms with Crippen molar-refractivity contribution in [3.05, 3.63) is 35.9 Å². The van der Waals surface area contributed by atoms with Crippen LogP contribution in [0.15, 0.2) is 30.3 Å². The predicted molar refractivity (Wildman–Crippen MR) is 99.3 cm³/mol. The first kappa shape index (κ1) is 18.9. The summed E-state index contributed by atoms with van der Waals surface area (Å²) in [4.78, 5) is 27.0. The lowest BCUT2D eigenvalue weighted by Gasteiger charge is -2.34. The van der Waals surface area contributed by atoms with Gasteiger partial charge in [-0.15, -0.1) is 0 Å². The molecule has 2 heterocycles. The van der Waals surface area contributed by atoms with Crippen LogP contribution < -0.4 is 5.32 Å². The Morgan fingerprint density at radius 3 is 2.65 bits per heavy atom. The molecule has 0 aromatic heterocycles. The summed E-state index contributed by atoms with van der Waals surface area (Å²) in [5, 5.41) is 2.93. The van der Waals surface area contributed by atoms with E-state index in [4.69, 9.17) is 0 Å². The summed E-state index contributed by atoms with van der Waals surface area (Å²) in [6, 6.07) is 9.58. The van der Waals surface area contributed by atoms with Gasteiger partial charge in [-0.3, -0.25) is 9.59 Å². The Bertz CT molecular complexity index is 778. The summed E-state index contributed by atoms with van der Waals surface area (Å²) in [6.45, 7) is 2.86. The van der Waals surface area contributed by atoms with Gasteiger partial charge in [0.2, 0.25) is 11.8 Å².